The van der Waals surface area contributed by atoms with Crippen LogP contribution < -0.4 is 14.8 Å². The Hall–Kier alpha value is -3.02. The Morgan fingerprint density at radius 2 is 1.81 bits per heavy atom. The third-order valence-corrected chi connectivity index (χ3v) is 4.75. The molecule has 3 rings (SSSR count). The fourth-order valence-corrected chi connectivity index (χ4v) is 3.11. The highest BCUT2D eigenvalue weighted by Gasteiger charge is 2.49. The predicted molar refractivity (Wildman–Crippen MR) is 103 cm³/mol. The summed E-state index contributed by atoms with van der Waals surface area (Å²) in [6.07, 6.45) is 0.566. The van der Waals surface area contributed by atoms with Gasteiger partial charge in [0.05, 0.1) is 31.7 Å². The third kappa shape index (κ3) is 4.39. The predicted octanol–water partition coefficient (Wildman–Crippen LogP) is 2.94. The number of benzene rings is 2. The maximum Gasteiger partial charge on any atom is 0.228 e. The van der Waals surface area contributed by atoms with Gasteiger partial charge in [-0.1, -0.05) is 30.3 Å². The zero-order chi connectivity index (χ0) is 19.4. The zero-order valence-electron chi connectivity index (χ0n) is 15.8. The third-order valence-electron chi connectivity index (χ3n) is 4.75. The normalized spacial score (nSPS) is 17.7. The fraction of sp³-hybridized carbons (Fsp3) is 0.333. The molecule has 0 aliphatic heterocycles. The van der Waals surface area contributed by atoms with E-state index >= 15 is 0 Å². The molecule has 0 aromatic heterocycles. The summed E-state index contributed by atoms with van der Waals surface area (Å²) in [5.41, 5.74) is 1.61. The lowest BCUT2D eigenvalue weighted by Gasteiger charge is -2.17. The molecule has 142 valence electrons. The number of hydrogen-bond donors (Lipinski definition) is 1. The van der Waals surface area contributed by atoms with Crippen LogP contribution in [0.5, 0.6) is 11.5 Å². The molecule has 1 N–H and O–H groups in total. The lowest BCUT2D eigenvalue weighted by Crippen LogP contribution is -2.29. The second kappa shape index (κ2) is 8.12. The van der Waals surface area contributed by atoms with Gasteiger partial charge >= 0.3 is 0 Å². The first-order valence-electron chi connectivity index (χ1n) is 8.85. The van der Waals surface area contributed by atoms with E-state index in [0.29, 0.717) is 30.2 Å². The van der Waals surface area contributed by atoms with Crippen LogP contribution in [-0.4, -0.2) is 38.0 Å². The summed E-state index contributed by atoms with van der Waals surface area (Å²) in [5.74, 6) is 0.414. The first kappa shape index (κ1) is 18.8. The molecule has 1 saturated carbocycles. The van der Waals surface area contributed by atoms with Crippen molar-refractivity contribution in [2.45, 2.75) is 13.0 Å². The highest BCUT2D eigenvalue weighted by molar-refractivity contribution is 6.00. The maximum absolute atomic E-state index is 12.6. The van der Waals surface area contributed by atoms with Gasteiger partial charge in [-0.3, -0.25) is 9.59 Å². The molecule has 0 heterocycles. The highest BCUT2D eigenvalue weighted by Crippen LogP contribution is 2.41. The summed E-state index contributed by atoms with van der Waals surface area (Å²) in [6.45, 7) is 0.536. The first-order chi connectivity index (χ1) is 13.0. The Labute approximate surface area is 159 Å². The monoisotopic (exact) mass is 368 g/mol. The number of hydrogen-bond acceptors (Lipinski definition) is 4. The summed E-state index contributed by atoms with van der Waals surface area (Å²) in [6, 6.07) is 15.0. The largest absolute Gasteiger partial charge is 0.497 e. The molecule has 1 aliphatic carbocycles. The van der Waals surface area contributed by atoms with Gasteiger partial charge in [0.2, 0.25) is 11.8 Å². The smallest absolute Gasteiger partial charge is 0.228 e. The van der Waals surface area contributed by atoms with Crippen molar-refractivity contribution in [3.8, 4) is 11.5 Å². The van der Waals surface area contributed by atoms with Crippen LogP contribution in [0.1, 0.15) is 12.0 Å². The van der Waals surface area contributed by atoms with Crippen molar-refractivity contribution in [1.29, 1.82) is 0 Å². The molecule has 2 aromatic rings. The van der Waals surface area contributed by atoms with Crippen molar-refractivity contribution in [3.05, 3.63) is 54.1 Å². The molecule has 6 nitrogen and oxygen atoms in total. The zero-order valence-corrected chi connectivity index (χ0v) is 15.8. The van der Waals surface area contributed by atoms with Crippen molar-refractivity contribution < 1.29 is 19.1 Å². The van der Waals surface area contributed by atoms with Gasteiger partial charge in [-0.2, -0.15) is 0 Å². The van der Waals surface area contributed by atoms with E-state index in [1.807, 2.05) is 30.3 Å². The van der Waals surface area contributed by atoms with Crippen LogP contribution >= 0.6 is 0 Å². The fourth-order valence-electron chi connectivity index (χ4n) is 3.11. The molecule has 27 heavy (non-hydrogen) atoms. The molecular weight excluding hydrogens is 344 g/mol. The molecule has 1 aliphatic rings. The first-order valence-corrected chi connectivity index (χ1v) is 8.85. The average Bonchev–Trinajstić information content (AvgIpc) is 3.49. The lowest BCUT2D eigenvalue weighted by molar-refractivity contribution is -0.133. The minimum atomic E-state index is -0.313. The van der Waals surface area contributed by atoms with Crippen LogP contribution in [0.25, 0.3) is 0 Å². The van der Waals surface area contributed by atoms with E-state index in [1.54, 1.807) is 44.4 Å². The van der Waals surface area contributed by atoms with E-state index in [-0.39, 0.29) is 23.7 Å². The minimum absolute atomic E-state index is 0.00314. The number of rotatable bonds is 7. The molecule has 2 atom stereocenters. The SMILES string of the molecule is COc1ccc(OC)c(NC(=O)C2CC2C(=O)N(C)Cc2ccccc2)c1. The second-order valence-electron chi connectivity index (χ2n) is 6.68. The summed E-state index contributed by atoms with van der Waals surface area (Å²) in [5, 5.41) is 2.86. The van der Waals surface area contributed by atoms with Crippen molar-refractivity contribution >= 4 is 17.5 Å². The molecule has 0 spiro atoms. The number of nitrogens with zero attached hydrogens (tertiary/aromatic N) is 1. The summed E-state index contributed by atoms with van der Waals surface area (Å²) in [7, 11) is 4.87. The number of anilines is 1. The van der Waals surface area contributed by atoms with Crippen LogP contribution in [0.15, 0.2) is 48.5 Å². The topological polar surface area (TPSA) is 67.9 Å². The number of carbonyl (C=O) groups excluding carboxylic acids is 2. The maximum atomic E-state index is 12.6. The molecule has 0 radical (unpaired) electrons. The van der Waals surface area contributed by atoms with E-state index in [4.69, 9.17) is 9.47 Å². The van der Waals surface area contributed by atoms with E-state index in [0.717, 1.165) is 5.56 Å². The molecule has 6 heteroatoms. The number of amides is 2. The molecule has 1 fully saturated rings. The van der Waals surface area contributed by atoms with Crippen molar-refractivity contribution in [3.63, 3.8) is 0 Å². The van der Waals surface area contributed by atoms with Gasteiger partial charge < -0.3 is 19.7 Å². The lowest BCUT2D eigenvalue weighted by atomic mass is 10.2. The summed E-state index contributed by atoms with van der Waals surface area (Å²) < 4.78 is 10.5. The molecule has 0 saturated heterocycles. The van der Waals surface area contributed by atoms with Crippen LogP contribution in [0.4, 0.5) is 5.69 Å². The van der Waals surface area contributed by atoms with Gasteiger partial charge in [-0.15, -0.1) is 0 Å². The number of carbonyl (C=O) groups is 2. The number of methoxy groups -OCH3 is 2. The molecule has 2 unspecified atom stereocenters. The Bertz CT molecular complexity index is 822. The highest BCUT2D eigenvalue weighted by atomic mass is 16.5. The minimum Gasteiger partial charge on any atom is -0.497 e. The van der Waals surface area contributed by atoms with Crippen LogP contribution in [0.2, 0.25) is 0 Å². The van der Waals surface area contributed by atoms with Gasteiger partial charge in [0, 0.05) is 19.7 Å². The standard InChI is InChI=1S/C21H24N2O4/c1-23(13-14-7-5-4-6-8-14)21(25)17-12-16(17)20(24)22-18-11-15(26-2)9-10-19(18)27-3/h4-11,16-17H,12-13H2,1-3H3,(H,22,24). The number of ether oxygens (including phenoxy) is 2. The quantitative estimate of drug-likeness (QED) is 0.816. The Balaban J connectivity index is 1.59. The van der Waals surface area contributed by atoms with E-state index in [1.165, 1.54) is 0 Å². The van der Waals surface area contributed by atoms with Gasteiger partial charge in [0.25, 0.3) is 0 Å². The van der Waals surface area contributed by atoms with Gasteiger partial charge in [0.1, 0.15) is 11.5 Å². The van der Waals surface area contributed by atoms with Gasteiger partial charge in [-0.25, -0.2) is 0 Å². The molecular formula is C21H24N2O4. The van der Waals surface area contributed by atoms with Crippen LogP contribution in [0, 0.1) is 11.8 Å². The van der Waals surface area contributed by atoms with E-state index in [2.05, 4.69) is 5.32 Å². The molecule has 2 aromatic carbocycles. The van der Waals surface area contributed by atoms with Crippen molar-refractivity contribution in [2.24, 2.45) is 11.8 Å². The van der Waals surface area contributed by atoms with Crippen LogP contribution in [-0.2, 0) is 16.1 Å². The molecule has 0 bridgehead atoms. The Kier molecular flexibility index (Phi) is 5.64. The van der Waals surface area contributed by atoms with Gasteiger partial charge in [-0.05, 0) is 24.1 Å². The average molecular weight is 368 g/mol. The molecule has 2 amide bonds. The van der Waals surface area contributed by atoms with E-state index < -0.39 is 0 Å². The number of nitrogens with one attached hydrogen (secondary N) is 1. The van der Waals surface area contributed by atoms with E-state index in [9.17, 15) is 9.59 Å². The summed E-state index contributed by atoms with van der Waals surface area (Å²) in [4.78, 5) is 26.8. The Morgan fingerprint density at radius 1 is 1.07 bits per heavy atom. The van der Waals surface area contributed by atoms with Crippen molar-refractivity contribution in [2.75, 3.05) is 26.6 Å². The van der Waals surface area contributed by atoms with Crippen LogP contribution in [0.3, 0.4) is 0 Å². The second-order valence-corrected chi connectivity index (χ2v) is 6.68. The Morgan fingerprint density at radius 3 is 2.48 bits per heavy atom. The van der Waals surface area contributed by atoms with Crippen molar-refractivity contribution in [1.82, 2.24) is 4.90 Å². The summed E-state index contributed by atoms with van der Waals surface area (Å²) >= 11 is 0. The van der Waals surface area contributed by atoms with Gasteiger partial charge in [0.15, 0.2) is 0 Å².